The van der Waals surface area contributed by atoms with Gasteiger partial charge < -0.3 is 9.80 Å². The minimum Gasteiger partial charge on any atom is -0.335 e. The second-order valence-electron chi connectivity index (χ2n) is 6.74. The number of amides is 2. The van der Waals surface area contributed by atoms with Crippen molar-refractivity contribution in [1.29, 1.82) is 0 Å². The van der Waals surface area contributed by atoms with Crippen LogP contribution in [0.5, 0.6) is 0 Å². The van der Waals surface area contributed by atoms with E-state index in [0.29, 0.717) is 42.3 Å². The van der Waals surface area contributed by atoms with Crippen molar-refractivity contribution in [3.63, 3.8) is 0 Å². The molecule has 1 aliphatic heterocycles. The topological polar surface area (TPSA) is 58.4 Å². The molecule has 0 radical (unpaired) electrons. The molecule has 1 aromatic heterocycles. The van der Waals surface area contributed by atoms with Gasteiger partial charge in [-0.1, -0.05) is 11.6 Å². The number of hydrogen-bond donors (Lipinski definition) is 0. The fraction of sp³-hybridized carbons (Fsp3) is 0.190. The Labute approximate surface area is 181 Å². The smallest absolute Gasteiger partial charge is 0.253 e. The Morgan fingerprint density at radius 2 is 1.31 bits per heavy atom. The van der Waals surface area contributed by atoms with Gasteiger partial charge in [-0.3, -0.25) is 9.59 Å². The van der Waals surface area contributed by atoms with Crippen LogP contribution in [0.3, 0.4) is 0 Å². The molecule has 0 atom stereocenters. The molecular weight excluding hydrogens is 456 g/mol. The summed E-state index contributed by atoms with van der Waals surface area (Å²) in [5, 5.41) is 4.83. The first-order valence-corrected chi connectivity index (χ1v) is 10.3. The summed E-state index contributed by atoms with van der Waals surface area (Å²) in [7, 11) is 0. The number of halogens is 2. The van der Waals surface area contributed by atoms with E-state index in [2.05, 4.69) is 21.0 Å². The minimum atomic E-state index is -0.0384. The van der Waals surface area contributed by atoms with E-state index in [0.717, 1.165) is 10.2 Å². The molecule has 29 heavy (non-hydrogen) atoms. The highest BCUT2D eigenvalue weighted by Gasteiger charge is 2.25. The van der Waals surface area contributed by atoms with Crippen molar-refractivity contribution in [2.45, 2.75) is 0 Å². The lowest BCUT2D eigenvalue weighted by Crippen LogP contribution is -2.50. The van der Waals surface area contributed by atoms with E-state index in [9.17, 15) is 9.59 Å². The standard InChI is InChI=1S/C21H18BrClN4O2/c22-17-13-24-27(14-17)19-7-3-16(4-8-19)21(29)26-11-9-25(10-12-26)20(28)15-1-5-18(23)6-2-15/h1-8,13-14H,9-12H2. The van der Waals surface area contributed by atoms with E-state index >= 15 is 0 Å². The molecule has 148 valence electrons. The van der Waals surface area contributed by atoms with Crippen LogP contribution >= 0.6 is 27.5 Å². The predicted octanol–water partition coefficient (Wildman–Crippen LogP) is 3.89. The zero-order valence-electron chi connectivity index (χ0n) is 15.5. The molecule has 1 fully saturated rings. The first-order valence-electron chi connectivity index (χ1n) is 9.16. The van der Waals surface area contributed by atoms with Gasteiger partial charge in [0, 0.05) is 48.5 Å². The quantitative estimate of drug-likeness (QED) is 0.580. The highest BCUT2D eigenvalue weighted by molar-refractivity contribution is 9.10. The Kier molecular flexibility index (Phi) is 5.69. The van der Waals surface area contributed by atoms with E-state index in [1.165, 1.54) is 0 Å². The average molecular weight is 474 g/mol. The van der Waals surface area contributed by atoms with E-state index < -0.39 is 0 Å². The summed E-state index contributed by atoms with van der Waals surface area (Å²) in [5.41, 5.74) is 2.11. The van der Waals surface area contributed by atoms with Crippen LogP contribution in [-0.4, -0.2) is 57.6 Å². The van der Waals surface area contributed by atoms with Crippen LogP contribution in [0.1, 0.15) is 20.7 Å². The van der Waals surface area contributed by atoms with E-state index in [4.69, 9.17) is 11.6 Å². The van der Waals surface area contributed by atoms with Gasteiger partial charge >= 0.3 is 0 Å². The third kappa shape index (κ3) is 4.36. The molecule has 2 aromatic carbocycles. The minimum absolute atomic E-state index is 0.0308. The molecule has 4 rings (SSSR count). The molecule has 0 unspecified atom stereocenters. The van der Waals surface area contributed by atoms with Crippen molar-refractivity contribution in [1.82, 2.24) is 19.6 Å². The van der Waals surface area contributed by atoms with Gasteiger partial charge in [-0.2, -0.15) is 5.10 Å². The maximum atomic E-state index is 12.8. The molecule has 0 N–H and O–H groups in total. The van der Waals surface area contributed by atoms with Crippen molar-refractivity contribution >= 4 is 39.3 Å². The van der Waals surface area contributed by atoms with Crippen LogP contribution in [-0.2, 0) is 0 Å². The molecule has 0 bridgehead atoms. The molecule has 0 spiro atoms. The van der Waals surface area contributed by atoms with E-state index in [-0.39, 0.29) is 11.8 Å². The van der Waals surface area contributed by atoms with Crippen LogP contribution in [0.4, 0.5) is 0 Å². The summed E-state index contributed by atoms with van der Waals surface area (Å²) in [6, 6.07) is 14.2. The van der Waals surface area contributed by atoms with E-state index in [1.54, 1.807) is 57.1 Å². The van der Waals surface area contributed by atoms with Gasteiger partial charge in [-0.15, -0.1) is 0 Å². The summed E-state index contributed by atoms with van der Waals surface area (Å²) in [6.07, 6.45) is 3.57. The van der Waals surface area contributed by atoms with Gasteiger partial charge in [-0.05, 0) is 64.5 Å². The zero-order valence-corrected chi connectivity index (χ0v) is 17.8. The summed E-state index contributed by atoms with van der Waals surface area (Å²) >= 11 is 9.26. The highest BCUT2D eigenvalue weighted by atomic mass is 79.9. The lowest BCUT2D eigenvalue weighted by molar-refractivity contribution is 0.0535. The summed E-state index contributed by atoms with van der Waals surface area (Å²) in [6.45, 7) is 2.03. The number of nitrogens with zero attached hydrogens (tertiary/aromatic N) is 4. The Morgan fingerprint density at radius 1 is 0.828 bits per heavy atom. The lowest BCUT2D eigenvalue weighted by Gasteiger charge is -2.35. The molecular formula is C21H18BrClN4O2. The molecule has 6 nitrogen and oxygen atoms in total. The fourth-order valence-corrected chi connectivity index (χ4v) is 3.68. The number of aromatic nitrogens is 2. The van der Waals surface area contributed by atoms with Crippen molar-refractivity contribution in [2.24, 2.45) is 0 Å². The molecule has 0 saturated carbocycles. The van der Waals surface area contributed by atoms with Gasteiger partial charge in [0.2, 0.25) is 0 Å². The molecule has 1 saturated heterocycles. The van der Waals surface area contributed by atoms with Gasteiger partial charge in [0.1, 0.15) is 0 Å². The van der Waals surface area contributed by atoms with Crippen LogP contribution in [0, 0.1) is 0 Å². The van der Waals surface area contributed by atoms with Gasteiger partial charge in [0.25, 0.3) is 11.8 Å². The van der Waals surface area contributed by atoms with Crippen molar-refractivity contribution in [3.05, 3.63) is 81.5 Å². The average Bonchev–Trinajstić information content (AvgIpc) is 3.20. The molecule has 2 heterocycles. The molecule has 1 aliphatic rings. The van der Waals surface area contributed by atoms with Crippen molar-refractivity contribution in [3.8, 4) is 5.69 Å². The zero-order chi connectivity index (χ0) is 20.4. The van der Waals surface area contributed by atoms with Crippen LogP contribution in [0.15, 0.2) is 65.4 Å². The maximum Gasteiger partial charge on any atom is 0.253 e. The SMILES string of the molecule is O=C(c1ccc(Cl)cc1)N1CCN(C(=O)c2ccc(-n3cc(Br)cn3)cc2)CC1. The first kappa shape index (κ1) is 19.7. The second kappa shape index (κ2) is 8.39. The molecule has 2 amide bonds. The Hall–Kier alpha value is -2.64. The fourth-order valence-electron chi connectivity index (χ4n) is 3.27. The highest BCUT2D eigenvalue weighted by Crippen LogP contribution is 2.17. The normalized spacial score (nSPS) is 14.1. The summed E-state index contributed by atoms with van der Waals surface area (Å²) in [4.78, 5) is 29.0. The van der Waals surface area contributed by atoms with Gasteiger partial charge in [0.05, 0.1) is 16.4 Å². The Balaban J connectivity index is 1.37. The number of piperazine rings is 1. The van der Waals surface area contributed by atoms with Crippen LogP contribution in [0.2, 0.25) is 5.02 Å². The van der Waals surface area contributed by atoms with Crippen molar-refractivity contribution in [2.75, 3.05) is 26.2 Å². The third-order valence-corrected chi connectivity index (χ3v) is 5.54. The molecule has 8 heteroatoms. The number of carbonyl (C=O) groups is 2. The van der Waals surface area contributed by atoms with Crippen molar-refractivity contribution < 1.29 is 9.59 Å². The largest absolute Gasteiger partial charge is 0.335 e. The Bertz CT molecular complexity index is 1030. The summed E-state index contributed by atoms with van der Waals surface area (Å²) in [5.74, 6) is -0.0692. The van der Waals surface area contributed by atoms with Crippen LogP contribution in [0.25, 0.3) is 5.69 Å². The lowest BCUT2D eigenvalue weighted by atomic mass is 10.1. The number of carbonyl (C=O) groups excluding carboxylic acids is 2. The Morgan fingerprint density at radius 3 is 1.76 bits per heavy atom. The third-order valence-electron chi connectivity index (χ3n) is 4.88. The maximum absolute atomic E-state index is 12.8. The number of hydrogen-bond acceptors (Lipinski definition) is 3. The molecule has 3 aromatic rings. The monoisotopic (exact) mass is 472 g/mol. The van der Waals surface area contributed by atoms with Crippen LogP contribution < -0.4 is 0 Å². The molecule has 0 aliphatic carbocycles. The summed E-state index contributed by atoms with van der Waals surface area (Å²) < 4.78 is 2.63. The second-order valence-corrected chi connectivity index (χ2v) is 8.09. The number of rotatable bonds is 3. The first-order chi connectivity index (χ1) is 14.0. The number of benzene rings is 2. The van der Waals surface area contributed by atoms with E-state index in [1.807, 2.05) is 18.3 Å². The van der Waals surface area contributed by atoms with Gasteiger partial charge in [-0.25, -0.2) is 4.68 Å². The predicted molar refractivity (Wildman–Crippen MR) is 115 cm³/mol. The van der Waals surface area contributed by atoms with Gasteiger partial charge in [0.15, 0.2) is 0 Å².